The van der Waals surface area contributed by atoms with Crippen molar-refractivity contribution in [1.82, 2.24) is 20.1 Å². The number of nitrogens with one attached hydrogen (secondary N) is 1. The average molecular weight is 429 g/mol. The van der Waals surface area contributed by atoms with Gasteiger partial charge < -0.3 is 14.6 Å². The molecule has 0 saturated heterocycles. The lowest BCUT2D eigenvalue weighted by Crippen LogP contribution is -2.43. The Morgan fingerprint density at radius 2 is 2.07 bits per heavy atom. The molecular weight excluding hydrogens is 396 g/mol. The quantitative estimate of drug-likeness (QED) is 0.631. The zero-order valence-electron chi connectivity index (χ0n) is 18.3. The first kappa shape index (κ1) is 21.2. The van der Waals surface area contributed by atoms with Gasteiger partial charge in [-0.15, -0.1) is 10.2 Å². The molecule has 1 heterocycles. The number of hydrogen-bond acceptors (Lipinski definition) is 5. The van der Waals surface area contributed by atoms with E-state index in [-0.39, 0.29) is 17.2 Å². The molecule has 2 aromatic rings. The molecule has 1 aromatic heterocycles. The Hall–Kier alpha value is -2.02. The molecule has 0 radical (unpaired) electrons. The van der Waals surface area contributed by atoms with Crippen LogP contribution >= 0.6 is 11.8 Å². The molecule has 1 aromatic carbocycles. The number of carbonyl (C=O) groups is 1. The van der Waals surface area contributed by atoms with Crippen LogP contribution in [0.2, 0.25) is 0 Å². The Morgan fingerprint density at radius 1 is 1.27 bits per heavy atom. The van der Waals surface area contributed by atoms with Crippen molar-refractivity contribution in [3.63, 3.8) is 0 Å². The summed E-state index contributed by atoms with van der Waals surface area (Å²) in [5, 5.41) is 12.6. The van der Waals surface area contributed by atoms with E-state index in [4.69, 9.17) is 4.74 Å². The summed E-state index contributed by atoms with van der Waals surface area (Å²) in [6, 6.07) is 8.05. The minimum absolute atomic E-state index is 0.0831. The molecule has 1 N–H and O–H groups in total. The molecular formula is C23H32N4O2S. The maximum absolute atomic E-state index is 12.9. The molecule has 7 heteroatoms. The van der Waals surface area contributed by atoms with E-state index in [0.717, 1.165) is 40.7 Å². The highest BCUT2D eigenvalue weighted by Crippen LogP contribution is 2.49. The van der Waals surface area contributed by atoms with E-state index in [9.17, 15) is 4.79 Å². The van der Waals surface area contributed by atoms with Gasteiger partial charge in [-0.1, -0.05) is 30.3 Å². The third-order valence-corrected chi connectivity index (χ3v) is 7.92. The molecule has 2 bridgehead atoms. The van der Waals surface area contributed by atoms with Crippen molar-refractivity contribution in [2.75, 3.05) is 7.11 Å². The van der Waals surface area contributed by atoms with Crippen molar-refractivity contribution in [3.8, 4) is 17.1 Å². The van der Waals surface area contributed by atoms with E-state index < -0.39 is 0 Å². The zero-order chi connectivity index (χ0) is 21.3. The van der Waals surface area contributed by atoms with Crippen LogP contribution in [-0.2, 0) is 11.3 Å². The average Bonchev–Trinajstić information content (AvgIpc) is 3.49. The third kappa shape index (κ3) is 4.09. The summed E-state index contributed by atoms with van der Waals surface area (Å²) in [6.45, 7) is 6.91. The van der Waals surface area contributed by atoms with Crippen LogP contribution in [0.25, 0.3) is 11.4 Å². The van der Waals surface area contributed by atoms with E-state index in [1.54, 1.807) is 7.11 Å². The van der Waals surface area contributed by atoms with Crippen molar-refractivity contribution >= 4 is 17.7 Å². The van der Waals surface area contributed by atoms with Gasteiger partial charge in [-0.05, 0) is 69.9 Å². The summed E-state index contributed by atoms with van der Waals surface area (Å²) in [4.78, 5) is 12.9. The first-order valence-electron chi connectivity index (χ1n) is 11.0. The third-order valence-electron chi connectivity index (χ3n) is 6.84. The van der Waals surface area contributed by atoms with Crippen molar-refractivity contribution < 1.29 is 9.53 Å². The monoisotopic (exact) mass is 428 g/mol. The number of ether oxygens (including phenoxy) is 1. The zero-order valence-corrected chi connectivity index (χ0v) is 19.1. The second-order valence-corrected chi connectivity index (χ2v) is 9.95. The fourth-order valence-electron chi connectivity index (χ4n) is 5.26. The molecule has 162 valence electrons. The number of thioether (sulfide) groups is 1. The van der Waals surface area contributed by atoms with E-state index in [2.05, 4.69) is 29.4 Å². The number of carbonyl (C=O) groups excluding carboxylic acids is 1. The smallest absolute Gasteiger partial charge is 0.233 e. The van der Waals surface area contributed by atoms with Crippen molar-refractivity contribution in [2.45, 2.75) is 69.4 Å². The van der Waals surface area contributed by atoms with Crippen LogP contribution in [0.4, 0.5) is 0 Å². The number of fused-ring (bicyclic) bond motifs is 2. The highest BCUT2D eigenvalue weighted by atomic mass is 32.2. The minimum Gasteiger partial charge on any atom is -0.496 e. The van der Waals surface area contributed by atoms with Crippen molar-refractivity contribution in [3.05, 3.63) is 24.3 Å². The van der Waals surface area contributed by atoms with E-state index in [1.807, 2.05) is 35.8 Å². The first-order chi connectivity index (χ1) is 14.5. The molecule has 2 saturated carbocycles. The molecule has 2 fully saturated rings. The number of rotatable bonds is 8. The van der Waals surface area contributed by atoms with Crippen LogP contribution < -0.4 is 10.1 Å². The molecule has 1 amide bonds. The molecule has 0 aliphatic heterocycles. The molecule has 0 unspecified atom stereocenters. The van der Waals surface area contributed by atoms with E-state index in [1.165, 1.54) is 37.4 Å². The first-order valence-corrected chi connectivity index (χ1v) is 11.9. The SMILES string of the molecule is CCn1c(S[C@@H](C)C(=O)N[C@@H](C)[C@@H]2C[C@@H]3CC[C@@H]2C3)nnc1-c1ccccc1OC. The van der Waals surface area contributed by atoms with Gasteiger partial charge in [0.2, 0.25) is 5.91 Å². The van der Waals surface area contributed by atoms with Crippen molar-refractivity contribution in [1.29, 1.82) is 0 Å². The van der Waals surface area contributed by atoms with Gasteiger partial charge in [-0.3, -0.25) is 4.79 Å². The number of hydrogen-bond donors (Lipinski definition) is 1. The summed E-state index contributed by atoms with van der Waals surface area (Å²) in [5.41, 5.74) is 0.906. The van der Waals surface area contributed by atoms with E-state index >= 15 is 0 Å². The fraction of sp³-hybridized carbons (Fsp3) is 0.609. The van der Waals surface area contributed by atoms with Gasteiger partial charge in [0, 0.05) is 12.6 Å². The number of nitrogens with zero attached hydrogens (tertiary/aromatic N) is 3. The van der Waals surface area contributed by atoms with Gasteiger partial charge in [0.25, 0.3) is 0 Å². The van der Waals surface area contributed by atoms with Crippen LogP contribution in [0.3, 0.4) is 0 Å². The second-order valence-electron chi connectivity index (χ2n) is 8.65. The number of amides is 1. The largest absolute Gasteiger partial charge is 0.496 e. The molecule has 30 heavy (non-hydrogen) atoms. The Morgan fingerprint density at radius 3 is 2.73 bits per heavy atom. The maximum atomic E-state index is 12.9. The van der Waals surface area contributed by atoms with Gasteiger partial charge >= 0.3 is 0 Å². The number of para-hydroxylation sites is 1. The van der Waals surface area contributed by atoms with Crippen LogP contribution in [0.15, 0.2) is 29.4 Å². The van der Waals surface area contributed by atoms with Crippen LogP contribution in [0.1, 0.15) is 46.5 Å². The van der Waals surface area contributed by atoms with Gasteiger partial charge in [-0.2, -0.15) is 0 Å². The molecule has 2 aliphatic rings. The lowest BCUT2D eigenvalue weighted by Gasteiger charge is -2.29. The fourth-order valence-corrected chi connectivity index (χ4v) is 6.18. The number of methoxy groups -OCH3 is 1. The Bertz CT molecular complexity index is 899. The minimum atomic E-state index is -0.231. The molecule has 5 atom stereocenters. The van der Waals surface area contributed by atoms with Gasteiger partial charge in [0.05, 0.1) is 17.9 Å². The van der Waals surface area contributed by atoms with Gasteiger partial charge in [0.1, 0.15) is 5.75 Å². The highest BCUT2D eigenvalue weighted by molar-refractivity contribution is 8.00. The highest BCUT2D eigenvalue weighted by Gasteiger charge is 2.42. The molecule has 2 aliphatic carbocycles. The lowest BCUT2D eigenvalue weighted by atomic mass is 9.84. The van der Waals surface area contributed by atoms with Gasteiger partial charge in [0.15, 0.2) is 11.0 Å². The predicted octanol–water partition coefficient (Wildman–Crippen LogP) is 4.40. The number of benzene rings is 1. The van der Waals surface area contributed by atoms with Crippen LogP contribution in [-0.4, -0.2) is 39.1 Å². The molecule has 4 rings (SSSR count). The normalized spacial score (nSPS) is 24.6. The Labute approximate surface area is 183 Å². The summed E-state index contributed by atoms with van der Waals surface area (Å²) < 4.78 is 7.54. The summed E-state index contributed by atoms with van der Waals surface area (Å²) in [5.74, 6) is 3.95. The van der Waals surface area contributed by atoms with Gasteiger partial charge in [-0.25, -0.2) is 0 Å². The van der Waals surface area contributed by atoms with Crippen molar-refractivity contribution in [2.24, 2.45) is 17.8 Å². The van der Waals surface area contributed by atoms with E-state index in [0.29, 0.717) is 5.92 Å². The lowest BCUT2D eigenvalue weighted by molar-refractivity contribution is -0.121. The Balaban J connectivity index is 1.43. The molecule has 6 nitrogen and oxygen atoms in total. The summed E-state index contributed by atoms with van der Waals surface area (Å²) >= 11 is 1.47. The van der Waals surface area contributed by atoms with Crippen LogP contribution in [0, 0.1) is 17.8 Å². The summed E-state index contributed by atoms with van der Waals surface area (Å²) in [6.07, 6.45) is 5.36. The molecule has 0 spiro atoms. The number of aromatic nitrogens is 3. The summed E-state index contributed by atoms with van der Waals surface area (Å²) in [7, 11) is 1.66. The van der Waals surface area contributed by atoms with Crippen LogP contribution in [0.5, 0.6) is 5.75 Å². The Kier molecular flexibility index (Phi) is 6.37. The standard InChI is InChI=1S/C23H32N4O2S/c1-5-27-21(18-8-6-7-9-20(18)29-4)25-26-23(27)30-15(3)22(28)24-14(2)19-13-16-10-11-17(19)12-16/h6-9,14-17,19H,5,10-13H2,1-4H3,(H,24,28)/t14-,15-,16+,17+,19-/m0/s1. The second kappa shape index (κ2) is 9.00. The maximum Gasteiger partial charge on any atom is 0.233 e. The predicted molar refractivity (Wildman–Crippen MR) is 120 cm³/mol. The topological polar surface area (TPSA) is 69.0 Å².